The van der Waals surface area contributed by atoms with Crippen LogP contribution in [0.5, 0.6) is 0 Å². The van der Waals surface area contributed by atoms with Crippen LogP contribution in [0.2, 0.25) is 0 Å². The molecule has 0 atom stereocenters. The van der Waals surface area contributed by atoms with Gasteiger partial charge in [-0.1, -0.05) is 110 Å². The van der Waals surface area contributed by atoms with Crippen LogP contribution in [-0.4, -0.2) is 0 Å². The fourth-order valence-electron chi connectivity index (χ4n) is 9.61. The standard InChI is InChI=1S/C48H35NO2/c1-8-29-48(30-9-1)38-18-5-2-14-36(38)45-39(48)19-11-20-40(45)49(41-21-12-24-44-46(41)37-15-4-7-23-43(37)50-44)32-27-25-31(26-28-32)33-16-10-17-35-34-13-3-6-22-42(34)51-47(33)35/h3-7,10-11,13,15-20,22-28H,1,8-9,12,21,29-30H2. The van der Waals surface area contributed by atoms with Crippen molar-refractivity contribution in [1.29, 1.82) is 0 Å². The average Bonchev–Trinajstić information content (AvgIpc) is 3.85. The summed E-state index contributed by atoms with van der Waals surface area (Å²) in [5.41, 5.74) is 15.0. The molecule has 0 unspecified atom stereocenters. The van der Waals surface area contributed by atoms with Crippen molar-refractivity contribution < 1.29 is 8.83 Å². The molecule has 1 spiro atoms. The van der Waals surface area contributed by atoms with Gasteiger partial charge in [-0.05, 0) is 90.9 Å². The first-order chi connectivity index (χ1) is 25.3. The van der Waals surface area contributed by atoms with Crippen molar-refractivity contribution in [3.8, 4) is 22.3 Å². The summed E-state index contributed by atoms with van der Waals surface area (Å²) in [5.74, 6) is 0. The zero-order chi connectivity index (χ0) is 33.5. The lowest BCUT2D eigenvalue weighted by molar-refractivity contribution is 0.353. The summed E-state index contributed by atoms with van der Waals surface area (Å²) in [7, 11) is 0. The van der Waals surface area contributed by atoms with E-state index in [1.165, 1.54) is 71.0 Å². The molecule has 1 saturated carbocycles. The molecule has 8 aromatic rings. The predicted octanol–water partition coefficient (Wildman–Crippen LogP) is 11.4. The number of anilines is 2. The summed E-state index contributed by atoms with van der Waals surface area (Å²) >= 11 is 0. The number of hydrogen-bond acceptors (Lipinski definition) is 3. The largest absolute Gasteiger partial charge is 0.456 e. The Kier molecular flexibility index (Phi) is 6.22. The van der Waals surface area contributed by atoms with Crippen molar-refractivity contribution in [2.75, 3.05) is 4.90 Å². The van der Waals surface area contributed by atoms with Gasteiger partial charge in [0.2, 0.25) is 0 Å². The highest BCUT2D eigenvalue weighted by atomic mass is 16.3. The van der Waals surface area contributed by atoms with Gasteiger partial charge in [0.1, 0.15) is 22.2 Å². The van der Waals surface area contributed by atoms with Gasteiger partial charge in [-0.3, -0.25) is 0 Å². The summed E-state index contributed by atoms with van der Waals surface area (Å²) in [6.07, 6.45) is 10.3. The molecule has 11 rings (SSSR count). The fraction of sp³-hybridized carbons (Fsp3) is 0.167. The average molecular weight is 658 g/mol. The number of benzene rings is 5. The van der Waals surface area contributed by atoms with Crippen molar-refractivity contribution in [1.82, 2.24) is 0 Å². The van der Waals surface area contributed by atoms with E-state index in [0.717, 1.165) is 68.0 Å². The van der Waals surface area contributed by atoms with Gasteiger partial charge < -0.3 is 13.7 Å². The van der Waals surface area contributed by atoms with Crippen molar-refractivity contribution in [3.05, 3.63) is 155 Å². The Morgan fingerprint density at radius 1 is 0.647 bits per heavy atom. The molecule has 0 saturated heterocycles. The highest BCUT2D eigenvalue weighted by Crippen LogP contribution is 2.58. The fourth-order valence-corrected chi connectivity index (χ4v) is 9.61. The van der Waals surface area contributed by atoms with Crippen LogP contribution in [0.25, 0.3) is 66.9 Å². The first kappa shape index (κ1) is 28.8. The molecule has 2 aromatic heterocycles. The predicted molar refractivity (Wildman–Crippen MR) is 207 cm³/mol. The number of nitrogens with zero attached hydrogens (tertiary/aromatic N) is 1. The first-order valence-electron chi connectivity index (χ1n) is 18.4. The van der Waals surface area contributed by atoms with Crippen LogP contribution < -0.4 is 15.5 Å². The van der Waals surface area contributed by atoms with E-state index >= 15 is 0 Å². The summed E-state index contributed by atoms with van der Waals surface area (Å²) in [5, 5.41) is 4.65. The minimum atomic E-state index is 0.0316. The molecule has 0 bridgehead atoms. The van der Waals surface area contributed by atoms with Crippen molar-refractivity contribution in [2.45, 2.75) is 50.4 Å². The minimum Gasteiger partial charge on any atom is -0.456 e. The van der Waals surface area contributed by atoms with Gasteiger partial charge in [0.05, 0.1) is 5.69 Å². The van der Waals surface area contributed by atoms with Crippen LogP contribution in [-0.2, 0) is 5.41 Å². The Bertz CT molecular complexity index is 2790. The second-order valence-electron chi connectivity index (χ2n) is 14.4. The van der Waals surface area contributed by atoms with E-state index in [2.05, 4.69) is 138 Å². The molecular weight excluding hydrogens is 623 g/mol. The molecule has 0 radical (unpaired) electrons. The summed E-state index contributed by atoms with van der Waals surface area (Å²) < 4.78 is 13.0. The summed E-state index contributed by atoms with van der Waals surface area (Å²) in [6, 6.07) is 50.7. The van der Waals surface area contributed by atoms with E-state index in [-0.39, 0.29) is 5.41 Å². The van der Waals surface area contributed by atoms with Gasteiger partial charge in [-0.25, -0.2) is 0 Å². The molecule has 244 valence electrons. The summed E-state index contributed by atoms with van der Waals surface area (Å²) in [4.78, 5) is 2.53. The van der Waals surface area contributed by atoms with Crippen LogP contribution in [0, 0.1) is 12.1 Å². The Balaban J connectivity index is 1.16. The smallest absolute Gasteiger partial charge is 0.143 e. The van der Waals surface area contributed by atoms with E-state index in [4.69, 9.17) is 8.83 Å². The van der Waals surface area contributed by atoms with Gasteiger partial charge >= 0.3 is 0 Å². The van der Waals surface area contributed by atoms with Gasteiger partial charge in [0.25, 0.3) is 0 Å². The zero-order valence-corrected chi connectivity index (χ0v) is 28.3. The molecule has 3 aliphatic rings. The molecule has 3 nitrogen and oxygen atoms in total. The van der Waals surface area contributed by atoms with Gasteiger partial charge in [-0.2, -0.15) is 0 Å². The molecule has 2 heterocycles. The maximum absolute atomic E-state index is 6.50. The van der Waals surface area contributed by atoms with Crippen LogP contribution in [0.3, 0.4) is 0 Å². The van der Waals surface area contributed by atoms with E-state index in [1.54, 1.807) is 0 Å². The topological polar surface area (TPSA) is 29.5 Å². The molecule has 0 aliphatic heterocycles. The van der Waals surface area contributed by atoms with Crippen molar-refractivity contribution >= 4 is 56.1 Å². The molecule has 51 heavy (non-hydrogen) atoms. The van der Waals surface area contributed by atoms with E-state index in [1.807, 2.05) is 6.07 Å². The van der Waals surface area contributed by atoms with E-state index in [0.29, 0.717) is 0 Å². The lowest BCUT2D eigenvalue weighted by Gasteiger charge is -2.36. The minimum absolute atomic E-state index is 0.0316. The van der Waals surface area contributed by atoms with Gasteiger partial charge in [0, 0.05) is 54.9 Å². The lowest BCUT2D eigenvalue weighted by Crippen LogP contribution is -2.33. The van der Waals surface area contributed by atoms with Crippen LogP contribution >= 0.6 is 0 Å². The molecular formula is C48H35NO2. The summed E-state index contributed by atoms with van der Waals surface area (Å²) in [6.45, 7) is 0. The molecule has 0 amide bonds. The number of rotatable bonds is 4. The molecule has 3 heteroatoms. The normalized spacial score (nSPS) is 15.8. The third kappa shape index (κ3) is 4.14. The van der Waals surface area contributed by atoms with Crippen molar-refractivity contribution in [3.63, 3.8) is 0 Å². The van der Waals surface area contributed by atoms with Crippen molar-refractivity contribution in [2.24, 2.45) is 0 Å². The molecule has 3 aliphatic carbocycles. The second-order valence-corrected chi connectivity index (χ2v) is 14.4. The monoisotopic (exact) mass is 657 g/mol. The molecule has 1 fully saturated rings. The highest BCUT2D eigenvalue weighted by Gasteiger charge is 2.45. The van der Waals surface area contributed by atoms with Crippen LogP contribution in [0.1, 0.15) is 56.1 Å². The van der Waals surface area contributed by atoms with Crippen LogP contribution in [0.15, 0.2) is 130 Å². The maximum Gasteiger partial charge on any atom is 0.143 e. The highest BCUT2D eigenvalue weighted by molar-refractivity contribution is 6.09. The zero-order valence-electron chi connectivity index (χ0n) is 28.3. The van der Waals surface area contributed by atoms with E-state index in [9.17, 15) is 0 Å². The first-order valence-corrected chi connectivity index (χ1v) is 18.4. The lowest BCUT2D eigenvalue weighted by atomic mass is 9.68. The number of hydrogen-bond donors (Lipinski definition) is 0. The van der Waals surface area contributed by atoms with Gasteiger partial charge in [0.15, 0.2) is 0 Å². The Morgan fingerprint density at radius 2 is 1.41 bits per heavy atom. The quantitative estimate of drug-likeness (QED) is 0.189. The third-order valence-electron chi connectivity index (χ3n) is 11.8. The maximum atomic E-state index is 6.50. The SMILES string of the molecule is c1ccc2c(c#1)-c1c(N(C3=c4c(oc5ccccc45)=CCC3)c3ccc(-c4cccc5c4oc4ccccc45)cc3)cccc1C21CCCCC1. The number of furan rings is 2. The second kappa shape index (κ2) is 11.0. The van der Waals surface area contributed by atoms with E-state index < -0.39 is 0 Å². The van der Waals surface area contributed by atoms with Crippen LogP contribution in [0.4, 0.5) is 11.4 Å². The van der Waals surface area contributed by atoms with Gasteiger partial charge in [-0.15, -0.1) is 0 Å². The Morgan fingerprint density at radius 3 is 2.27 bits per heavy atom. The number of para-hydroxylation sites is 3. The molecule has 6 aromatic carbocycles. The Hall–Kier alpha value is -5.98. The Labute approximate surface area is 296 Å². The third-order valence-corrected chi connectivity index (χ3v) is 11.8. The number of fused-ring (bicyclic) bond motifs is 11. The molecule has 0 N–H and O–H groups in total.